The smallest absolute Gasteiger partial charge is 0.545 e. The van der Waals surface area contributed by atoms with E-state index in [9.17, 15) is 14.7 Å². The van der Waals surface area contributed by atoms with Crippen LogP contribution in [0.5, 0.6) is 17.2 Å². The first kappa shape index (κ1) is 28.3. The SMILES string of the molecule is COc1cc(CC(C(=O)c2ccc(C)cc2)=C(C(=O)[O-])c2ccc3nsnc3c2)cc(OC)c1OC.[Na+]. The second-order valence-electron chi connectivity index (χ2n) is 8.01. The maximum Gasteiger partial charge on any atom is 1.00 e. The summed E-state index contributed by atoms with van der Waals surface area (Å²) in [6.45, 7) is 1.91. The van der Waals surface area contributed by atoms with Crippen LogP contribution in [-0.4, -0.2) is 41.8 Å². The van der Waals surface area contributed by atoms with Crippen LogP contribution in [0.1, 0.15) is 27.0 Å². The summed E-state index contributed by atoms with van der Waals surface area (Å²) in [5.74, 6) is -0.737. The number of carbonyl (C=O) groups excluding carboxylic acids is 2. The van der Waals surface area contributed by atoms with Gasteiger partial charge in [0.25, 0.3) is 0 Å². The quantitative estimate of drug-likeness (QED) is 0.178. The Morgan fingerprint density at radius 2 is 1.43 bits per heavy atom. The van der Waals surface area contributed by atoms with E-state index in [0.717, 1.165) is 17.3 Å². The Kier molecular flexibility index (Phi) is 9.45. The summed E-state index contributed by atoms with van der Waals surface area (Å²) in [6, 6.07) is 15.2. The zero-order valence-corrected chi connectivity index (χ0v) is 24.0. The third kappa shape index (κ3) is 6.02. The molecule has 0 aliphatic heterocycles. The minimum atomic E-state index is -1.47. The molecule has 1 aromatic heterocycles. The Balaban J connectivity index is 0.00000380. The van der Waals surface area contributed by atoms with Crippen molar-refractivity contribution in [2.45, 2.75) is 13.3 Å². The van der Waals surface area contributed by atoms with Gasteiger partial charge in [0.1, 0.15) is 11.0 Å². The number of carboxylic acids is 1. The molecule has 0 atom stereocenters. The Hall–Kier alpha value is -3.24. The number of aliphatic carboxylic acids is 1. The molecule has 0 fully saturated rings. The molecule has 0 saturated heterocycles. The number of benzene rings is 3. The van der Waals surface area contributed by atoms with Crippen LogP contribution in [-0.2, 0) is 11.2 Å². The number of nitrogens with zero attached hydrogens (tertiary/aromatic N) is 2. The number of fused-ring (bicyclic) bond motifs is 1. The molecule has 184 valence electrons. The van der Waals surface area contributed by atoms with Crippen molar-refractivity contribution < 1.29 is 58.5 Å². The van der Waals surface area contributed by atoms with E-state index in [4.69, 9.17) is 14.2 Å². The van der Waals surface area contributed by atoms with Crippen LogP contribution < -0.4 is 48.9 Å². The summed E-state index contributed by atoms with van der Waals surface area (Å²) in [5.41, 5.74) is 3.23. The van der Waals surface area contributed by atoms with Crippen LogP contribution in [0.25, 0.3) is 16.6 Å². The minimum Gasteiger partial charge on any atom is -0.545 e. The van der Waals surface area contributed by atoms with Crippen LogP contribution in [0.15, 0.2) is 60.2 Å². The van der Waals surface area contributed by atoms with Crippen molar-refractivity contribution in [3.63, 3.8) is 0 Å². The first-order valence-electron chi connectivity index (χ1n) is 10.9. The summed E-state index contributed by atoms with van der Waals surface area (Å²) in [7, 11) is 4.46. The van der Waals surface area contributed by atoms with E-state index in [2.05, 4.69) is 8.75 Å². The van der Waals surface area contributed by atoms with E-state index in [1.165, 1.54) is 21.3 Å². The first-order chi connectivity index (χ1) is 17.4. The molecule has 0 radical (unpaired) electrons. The summed E-state index contributed by atoms with van der Waals surface area (Å²) in [6.07, 6.45) is -0.0277. The predicted octanol–water partition coefficient (Wildman–Crippen LogP) is 0.659. The van der Waals surface area contributed by atoms with Gasteiger partial charge >= 0.3 is 29.6 Å². The minimum absolute atomic E-state index is 0. The van der Waals surface area contributed by atoms with Gasteiger partial charge < -0.3 is 24.1 Å². The number of hydrogen-bond acceptors (Lipinski definition) is 9. The van der Waals surface area contributed by atoms with Crippen molar-refractivity contribution in [3.05, 3.63) is 82.4 Å². The van der Waals surface area contributed by atoms with E-state index in [1.807, 2.05) is 6.92 Å². The number of hydrogen-bond donors (Lipinski definition) is 0. The van der Waals surface area contributed by atoms with Gasteiger partial charge in [0.2, 0.25) is 5.75 Å². The number of Topliss-reactive ketones (excluding diaryl/α,β-unsaturated/α-hetero) is 1. The molecule has 4 rings (SSSR count). The predicted molar refractivity (Wildman–Crippen MR) is 135 cm³/mol. The molecule has 0 aliphatic carbocycles. The molecule has 0 bridgehead atoms. The van der Waals surface area contributed by atoms with Gasteiger partial charge in [-0.15, -0.1) is 0 Å². The van der Waals surface area contributed by atoms with Gasteiger partial charge in [-0.05, 0) is 42.3 Å². The third-order valence-corrected chi connectivity index (χ3v) is 6.30. The zero-order chi connectivity index (χ0) is 25.8. The molecule has 0 saturated carbocycles. The van der Waals surface area contributed by atoms with Crippen LogP contribution in [0.4, 0.5) is 0 Å². The molecule has 37 heavy (non-hydrogen) atoms. The molecular formula is C27H23N2NaO6S. The molecule has 0 unspecified atom stereocenters. The van der Waals surface area contributed by atoms with Crippen molar-refractivity contribution in [1.82, 2.24) is 8.75 Å². The van der Waals surface area contributed by atoms with Gasteiger partial charge in [-0.25, -0.2) is 0 Å². The number of allylic oxidation sites excluding steroid dienone is 1. The van der Waals surface area contributed by atoms with Crippen LogP contribution in [0, 0.1) is 6.92 Å². The molecule has 3 aromatic carbocycles. The Labute approximate surface area is 240 Å². The first-order valence-corrected chi connectivity index (χ1v) is 11.7. The summed E-state index contributed by atoms with van der Waals surface area (Å²) < 4.78 is 24.6. The number of carboxylic acid groups (broad SMARTS) is 1. The van der Waals surface area contributed by atoms with Gasteiger partial charge in [-0.3, -0.25) is 4.79 Å². The normalized spacial score (nSPS) is 11.4. The summed E-state index contributed by atoms with van der Waals surface area (Å²) in [5, 5.41) is 12.5. The van der Waals surface area contributed by atoms with Gasteiger partial charge in [0, 0.05) is 23.1 Å². The Bertz CT molecular complexity index is 1460. The monoisotopic (exact) mass is 526 g/mol. The van der Waals surface area contributed by atoms with E-state index in [-0.39, 0.29) is 47.1 Å². The zero-order valence-electron chi connectivity index (χ0n) is 21.2. The molecule has 8 nitrogen and oxygen atoms in total. The second-order valence-corrected chi connectivity index (χ2v) is 8.54. The number of aromatic nitrogens is 2. The van der Waals surface area contributed by atoms with Crippen molar-refractivity contribution in [1.29, 1.82) is 0 Å². The van der Waals surface area contributed by atoms with E-state index in [1.54, 1.807) is 54.6 Å². The fourth-order valence-electron chi connectivity index (χ4n) is 3.96. The van der Waals surface area contributed by atoms with Crippen molar-refractivity contribution in [2.24, 2.45) is 0 Å². The standard InChI is InChI=1S/C27H24N2O6S.Na/c1-15-5-7-17(8-6-15)25(30)19(11-16-12-22(33-2)26(35-4)23(13-16)34-3)24(27(31)32)18-9-10-20-21(14-18)29-36-28-20;/h5-10,12-14H,11H2,1-4H3,(H,31,32);/q;+1/p-1. The van der Waals surface area contributed by atoms with Gasteiger partial charge in [0.05, 0.1) is 39.0 Å². The second kappa shape index (κ2) is 12.3. The van der Waals surface area contributed by atoms with E-state index in [0.29, 0.717) is 45.0 Å². The molecular weight excluding hydrogens is 503 g/mol. The Morgan fingerprint density at radius 1 is 0.838 bits per heavy atom. The van der Waals surface area contributed by atoms with E-state index >= 15 is 0 Å². The van der Waals surface area contributed by atoms with Crippen LogP contribution in [0.3, 0.4) is 0 Å². The maximum absolute atomic E-state index is 13.8. The van der Waals surface area contributed by atoms with Gasteiger partial charge in [0.15, 0.2) is 17.3 Å². The molecule has 4 aromatic rings. The summed E-state index contributed by atoms with van der Waals surface area (Å²) >= 11 is 1.02. The number of carbonyl (C=O) groups is 2. The van der Waals surface area contributed by atoms with Crippen LogP contribution in [0.2, 0.25) is 0 Å². The molecule has 0 spiro atoms. The largest absolute Gasteiger partial charge is 1.00 e. The average molecular weight is 527 g/mol. The number of rotatable bonds is 9. The molecule has 0 aliphatic rings. The number of ketones is 1. The van der Waals surface area contributed by atoms with Crippen molar-refractivity contribution in [2.75, 3.05) is 21.3 Å². The van der Waals surface area contributed by atoms with E-state index < -0.39 is 11.8 Å². The number of aryl methyl sites for hydroxylation is 1. The molecule has 0 N–H and O–H groups in total. The fraction of sp³-hybridized carbons (Fsp3) is 0.185. The van der Waals surface area contributed by atoms with Crippen molar-refractivity contribution >= 4 is 40.1 Å². The maximum atomic E-state index is 13.8. The van der Waals surface area contributed by atoms with Gasteiger partial charge in [-0.2, -0.15) is 8.75 Å². The Morgan fingerprint density at radius 3 is 2.00 bits per heavy atom. The molecule has 10 heteroatoms. The fourth-order valence-corrected chi connectivity index (χ4v) is 4.47. The van der Waals surface area contributed by atoms with Crippen LogP contribution >= 0.6 is 11.7 Å². The van der Waals surface area contributed by atoms with Gasteiger partial charge in [-0.1, -0.05) is 35.9 Å². The number of ether oxygens (including phenoxy) is 3. The number of methoxy groups -OCH3 is 3. The average Bonchev–Trinajstić information content (AvgIpc) is 3.35. The van der Waals surface area contributed by atoms with Crippen molar-refractivity contribution in [3.8, 4) is 17.2 Å². The summed E-state index contributed by atoms with van der Waals surface area (Å²) in [4.78, 5) is 26.3. The molecule has 0 amide bonds. The molecule has 1 heterocycles. The topological polar surface area (TPSA) is 111 Å². The third-order valence-electron chi connectivity index (χ3n) is 5.74.